The van der Waals surface area contributed by atoms with E-state index in [1.165, 1.54) is 25.3 Å². The summed E-state index contributed by atoms with van der Waals surface area (Å²) in [5, 5.41) is 0. The summed E-state index contributed by atoms with van der Waals surface area (Å²) in [6.07, 6.45) is 1.77. The number of para-hydroxylation sites is 1. The SMILES string of the molecule is COc1ccccc1C1=C(N(C)C2CCN(C)CC2)C(=O)N(c2cccc(F)c2)C1=O. The molecule has 0 saturated carbocycles. The molecule has 2 aliphatic rings. The van der Waals surface area contributed by atoms with Crippen LogP contribution in [0.1, 0.15) is 18.4 Å². The lowest BCUT2D eigenvalue weighted by Gasteiger charge is -2.36. The Bertz CT molecular complexity index is 1040. The summed E-state index contributed by atoms with van der Waals surface area (Å²) in [5.74, 6) is -0.920. The lowest BCUT2D eigenvalue weighted by atomic mass is 9.99. The molecule has 162 valence electrons. The number of halogens is 1. The molecule has 0 radical (unpaired) electrons. The number of imide groups is 1. The number of hydrogen-bond acceptors (Lipinski definition) is 5. The van der Waals surface area contributed by atoms with E-state index in [4.69, 9.17) is 4.74 Å². The molecule has 1 saturated heterocycles. The van der Waals surface area contributed by atoms with Gasteiger partial charge in [0.15, 0.2) is 0 Å². The Hall–Kier alpha value is -3.19. The van der Waals surface area contributed by atoms with Crippen LogP contribution in [0.3, 0.4) is 0 Å². The van der Waals surface area contributed by atoms with E-state index in [9.17, 15) is 14.0 Å². The van der Waals surface area contributed by atoms with Crippen LogP contribution < -0.4 is 9.64 Å². The van der Waals surface area contributed by atoms with Gasteiger partial charge in [0.1, 0.15) is 17.3 Å². The number of ether oxygens (including phenoxy) is 1. The Balaban J connectivity index is 1.83. The van der Waals surface area contributed by atoms with E-state index in [0.29, 0.717) is 17.0 Å². The van der Waals surface area contributed by atoms with E-state index in [1.54, 1.807) is 24.3 Å². The van der Waals surface area contributed by atoms with Gasteiger partial charge in [-0.1, -0.05) is 24.3 Å². The van der Waals surface area contributed by atoms with Gasteiger partial charge in [0.25, 0.3) is 11.8 Å². The number of carbonyl (C=O) groups excluding carboxylic acids is 2. The van der Waals surface area contributed by atoms with Gasteiger partial charge in [0, 0.05) is 18.7 Å². The van der Waals surface area contributed by atoms with Crippen LogP contribution in [0.25, 0.3) is 5.57 Å². The number of nitrogens with zero attached hydrogens (tertiary/aromatic N) is 3. The number of carbonyl (C=O) groups is 2. The molecule has 2 aromatic carbocycles. The average molecular weight is 423 g/mol. The zero-order chi connectivity index (χ0) is 22.1. The molecule has 2 aromatic rings. The predicted octanol–water partition coefficient (Wildman–Crippen LogP) is 3.14. The highest BCUT2D eigenvalue weighted by molar-refractivity contribution is 6.45. The molecular formula is C24H26FN3O3. The molecule has 0 aromatic heterocycles. The minimum atomic E-state index is -0.505. The quantitative estimate of drug-likeness (QED) is 0.692. The number of rotatable bonds is 5. The number of methoxy groups -OCH3 is 1. The van der Waals surface area contributed by atoms with E-state index >= 15 is 0 Å². The van der Waals surface area contributed by atoms with Crippen LogP contribution >= 0.6 is 0 Å². The zero-order valence-corrected chi connectivity index (χ0v) is 18.0. The van der Waals surface area contributed by atoms with Crippen molar-refractivity contribution < 1.29 is 18.7 Å². The number of anilines is 1. The molecule has 0 spiro atoms. The fourth-order valence-electron chi connectivity index (χ4n) is 4.35. The Morgan fingerprint density at radius 1 is 1.03 bits per heavy atom. The molecule has 2 heterocycles. The lowest BCUT2D eigenvalue weighted by molar-refractivity contribution is -0.120. The van der Waals surface area contributed by atoms with E-state index in [1.807, 2.05) is 18.0 Å². The highest BCUT2D eigenvalue weighted by atomic mass is 19.1. The van der Waals surface area contributed by atoms with Crippen LogP contribution in [0.15, 0.2) is 54.2 Å². The molecule has 7 heteroatoms. The summed E-state index contributed by atoms with van der Waals surface area (Å²) in [4.78, 5) is 32.4. The van der Waals surface area contributed by atoms with Crippen molar-refractivity contribution >= 4 is 23.1 Å². The average Bonchev–Trinajstić information content (AvgIpc) is 3.03. The number of benzene rings is 2. The van der Waals surface area contributed by atoms with E-state index in [0.717, 1.165) is 30.8 Å². The first-order chi connectivity index (χ1) is 14.9. The number of hydrogen-bond donors (Lipinski definition) is 0. The maximum Gasteiger partial charge on any atom is 0.282 e. The molecule has 6 nitrogen and oxygen atoms in total. The summed E-state index contributed by atoms with van der Waals surface area (Å²) < 4.78 is 19.4. The van der Waals surface area contributed by atoms with E-state index in [-0.39, 0.29) is 17.3 Å². The third-order valence-corrected chi connectivity index (χ3v) is 6.09. The first kappa shape index (κ1) is 21.1. The van der Waals surface area contributed by atoms with Crippen molar-refractivity contribution in [2.75, 3.05) is 39.2 Å². The fraction of sp³-hybridized carbons (Fsp3) is 0.333. The number of likely N-dealkylation sites (N-methyl/N-ethyl adjacent to an activating group) is 1. The second-order valence-electron chi connectivity index (χ2n) is 7.99. The monoisotopic (exact) mass is 423 g/mol. The van der Waals surface area contributed by atoms with Gasteiger partial charge >= 0.3 is 0 Å². The van der Waals surface area contributed by atoms with Crippen molar-refractivity contribution in [3.8, 4) is 5.75 Å². The Labute approximate surface area is 181 Å². The highest BCUT2D eigenvalue weighted by Crippen LogP contribution is 2.39. The van der Waals surface area contributed by atoms with Gasteiger partial charge in [0.2, 0.25) is 0 Å². The normalized spacial score (nSPS) is 18.1. The smallest absolute Gasteiger partial charge is 0.282 e. The van der Waals surface area contributed by atoms with Crippen LogP contribution in [0, 0.1) is 5.82 Å². The molecule has 0 atom stereocenters. The summed E-state index contributed by atoms with van der Waals surface area (Å²) in [6.45, 7) is 1.84. The molecule has 4 rings (SSSR count). The van der Waals surface area contributed by atoms with Crippen LogP contribution in [0.2, 0.25) is 0 Å². The molecule has 2 aliphatic heterocycles. The van der Waals surface area contributed by atoms with Crippen molar-refractivity contribution in [1.29, 1.82) is 0 Å². The van der Waals surface area contributed by atoms with Crippen LogP contribution in [0.4, 0.5) is 10.1 Å². The Morgan fingerprint density at radius 3 is 2.42 bits per heavy atom. The summed E-state index contributed by atoms with van der Waals surface area (Å²) in [6, 6.07) is 12.8. The zero-order valence-electron chi connectivity index (χ0n) is 18.0. The molecule has 2 amide bonds. The maximum atomic E-state index is 13.9. The minimum absolute atomic E-state index is 0.125. The van der Waals surface area contributed by atoms with Crippen molar-refractivity contribution in [3.05, 3.63) is 65.6 Å². The molecule has 31 heavy (non-hydrogen) atoms. The summed E-state index contributed by atoms with van der Waals surface area (Å²) in [7, 11) is 5.47. The van der Waals surface area contributed by atoms with Crippen molar-refractivity contribution in [1.82, 2.24) is 9.80 Å². The second-order valence-corrected chi connectivity index (χ2v) is 7.99. The van der Waals surface area contributed by atoms with E-state index < -0.39 is 17.6 Å². The van der Waals surface area contributed by atoms with Crippen LogP contribution in [0.5, 0.6) is 5.75 Å². The third-order valence-electron chi connectivity index (χ3n) is 6.09. The predicted molar refractivity (Wildman–Crippen MR) is 117 cm³/mol. The molecule has 0 bridgehead atoms. The van der Waals surface area contributed by atoms with E-state index in [2.05, 4.69) is 11.9 Å². The van der Waals surface area contributed by atoms with Gasteiger partial charge in [-0.15, -0.1) is 0 Å². The van der Waals surface area contributed by atoms with Crippen LogP contribution in [-0.4, -0.2) is 62.0 Å². The van der Waals surface area contributed by atoms with Gasteiger partial charge in [0.05, 0.1) is 18.4 Å². The fourth-order valence-corrected chi connectivity index (χ4v) is 4.35. The molecule has 0 aliphatic carbocycles. The molecule has 0 N–H and O–H groups in total. The van der Waals surface area contributed by atoms with Gasteiger partial charge < -0.3 is 14.5 Å². The van der Waals surface area contributed by atoms with Gasteiger partial charge in [-0.25, -0.2) is 9.29 Å². The third kappa shape index (κ3) is 3.81. The van der Waals surface area contributed by atoms with Gasteiger partial charge in [-0.2, -0.15) is 0 Å². The maximum absolute atomic E-state index is 13.9. The second kappa shape index (κ2) is 8.51. The first-order valence-corrected chi connectivity index (χ1v) is 10.4. The molecular weight excluding hydrogens is 397 g/mol. The number of amides is 2. The number of piperidine rings is 1. The topological polar surface area (TPSA) is 53.1 Å². The lowest BCUT2D eigenvalue weighted by Crippen LogP contribution is -2.43. The standard InChI is InChI=1S/C24H26FN3O3/c1-26-13-11-17(12-14-26)27(2)22-21(19-9-4-5-10-20(19)31-3)23(29)28(24(22)30)18-8-6-7-16(25)15-18/h4-10,15,17H,11-14H2,1-3H3. The van der Waals surface area contributed by atoms with Crippen molar-refractivity contribution in [2.24, 2.45) is 0 Å². The summed E-state index contributed by atoms with van der Waals surface area (Å²) >= 11 is 0. The molecule has 1 fully saturated rings. The molecule has 0 unspecified atom stereocenters. The first-order valence-electron chi connectivity index (χ1n) is 10.4. The summed E-state index contributed by atoms with van der Waals surface area (Å²) in [5.41, 5.74) is 1.38. The van der Waals surface area contributed by atoms with Gasteiger partial charge in [-0.05, 0) is 57.2 Å². The van der Waals surface area contributed by atoms with Gasteiger partial charge in [-0.3, -0.25) is 9.59 Å². The van der Waals surface area contributed by atoms with Crippen molar-refractivity contribution in [3.63, 3.8) is 0 Å². The van der Waals surface area contributed by atoms with Crippen LogP contribution in [-0.2, 0) is 9.59 Å². The highest BCUT2D eigenvalue weighted by Gasteiger charge is 2.44. The Kier molecular flexibility index (Phi) is 5.78. The Morgan fingerprint density at radius 2 is 1.74 bits per heavy atom. The largest absolute Gasteiger partial charge is 0.496 e. The number of likely N-dealkylation sites (tertiary alicyclic amines) is 1. The van der Waals surface area contributed by atoms with Crippen molar-refractivity contribution in [2.45, 2.75) is 18.9 Å². The minimum Gasteiger partial charge on any atom is -0.496 e.